The summed E-state index contributed by atoms with van der Waals surface area (Å²) in [4.78, 5) is 0. The van der Waals surface area contributed by atoms with Gasteiger partial charge >= 0.3 is 0 Å². The lowest BCUT2D eigenvalue weighted by Crippen LogP contribution is -1.97. The first-order valence-electron chi connectivity index (χ1n) is 20.4. The number of rotatable bonds is 3. The molecule has 14 rings (SSSR count). The van der Waals surface area contributed by atoms with Crippen LogP contribution >= 0.6 is 0 Å². The summed E-state index contributed by atoms with van der Waals surface area (Å²) in [5, 5.41) is 12.8. The van der Waals surface area contributed by atoms with E-state index in [2.05, 4.69) is 200 Å². The van der Waals surface area contributed by atoms with Crippen LogP contribution in [0, 0.1) is 0 Å². The molecule has 0 spiro atoms. The SMILES string of the molecule is C1=CC(n2c3ccccc3c3cc4c5cc6c(c7ccccc7n6-c6ccccc6)c6c7cc8c9ccccc9n(-c9ccccc9)c8cc7n(c4cc32)c56)=CCC1. The van der Waals surface area contributed by atoms with Crippen LogP contribution in [-0.2, 0) is 0 Å². The molecule has 1 aliphatic rings. The highest BCUT2D eigenvalue weighted by Gasteiger charge is 2.27. The van der Waals surface area contributed by atoms with Crippen molar-refractivity contribution in [3.8, 4) is 11.4 Å². The zero-order valence-corrected chi connectivity index (χ0v) is 31.5. The Morgan fingerprint density at radius 3 is 1.50 bits per heavy atom. The molecule has 1 aliphatic carbocycles. The van der Waals surface area contributed by atoms with E-state index in [4.69, 9.17) is 0 Å². The van der Waals surface area contributed by atoms with Gasteiger partial charge in [-0.05, 0) is 91.7 Å². The minimum absolute atomic E-state index is 1.05. The Kier molecular flexibility index (Phi) is 5.84. The van der Waals surface area contributed by atoms with Crippen LogP contribution in [0.4, 0.5) is 0 Å². The van der Waals surface area contributed by atoms with Crippen molar-refractivity contribution >= 4 is 109 Å². The van der Waals surface area contributed by atoms with Crippen molar-refractivity contribution < 1.29 is 0 Å². The van der Waals surface area contributed by atoms with E-state index in [0.29, 0.717) is 0 Å². The van der Waals surface area contributed by atoms with Crippen molar-refractivity contribution in [3.63, 3.8) is 0 Å². The predicted octanol–water partition coefficient (Wildman–Crippen LogP) is 14.3. The average molecular weight is 739 g/mol. The van der Waals surface area contributed by atoms with Gasteiger partial charge in [0.15, 0.2) is 0 Å². The van der Waals surface area contributed by atoms with Crippen LogP contribution in [0.25, 0.3) is 121 Å². The summed E-state index contributed by atoms with van der Waals surface area (Å²) in [5.41, 5.74) is 14.7. The standard InChI is InChI=1S/C54H34N4/c1-4-16-33(17-5-1)55-44-25-13-10-22-36(44)39-28-41-42-30-51-52(38-24-12-15-27-46(38)57(51)35-20-8-3-9-21-35)53-43-29-40-37-23-11-14-26-45(37)56(34-18-6-2-7-19-34)48(40)32-50(43)58(54(42)53)49(41)31-47(39)55/h2-4,6-32H,1,5H2. The normalized spacial score (nSPS) is 13.8. The third-order valence-corrected chi connectivity index (χ3v) is 13.0. The number of nitrogens with zero attached hydrogens (tertiary/aromatic N) is 4. The third kappa shape index (κ3) is 3.80. The van der Waals surface area contributed by atoms with E-state index in [0.717, 1.165) is 12.8 Å². The smallest absolute Gasteiger partial charge is 0.0628 e. The number of benzene rings is 8. The van der Waals surface area contributed by atoms with Gasteiger partial charge in [0.1, 0.15) is 0 Å². The van der Waals surface area contributed by atoms with Crippen LogP contribution < -0.4 is 0 Å². The Labute approximate surface area is 332 Å². The van der Waals surface area contributed by atoms with Gasteiger partial charge in [-0.1, -0.05) is 103 Å². The molecule has 0 atom stereocenters. The molecule has 4 heteroatoms. The van der Waals surface area contributed by atoms with Crippen molar-refractivity contribution in [1.82, 2.24) is 18.1 Å². The van der Waals surface area contributed by atoms with Gasteiger partial charge in [0.25, 0.3) is 0 Å². The van der Waals surface area contributed by atoms with Crippen molar-refractivity contribution in [2.75, 3.05) is 0 Å². The highest BCUT2D eigenvalue weighted by atomic mass is 15.0. The summed E-state index contributed by atoms with van der Waals surface area (Å²) in [5.74, 6) is 0. The molecule has 0 fully saturated rings. The highest BCUT2D eigenvalue weighted by molar-refractivity contribution is 6.37. The van der Waals surface area contributed by atoms with Crippen LogP contribution in [-0.4, -0.2) is 18.1 Å². The van der Waals surface area contributed by atoms with Gasteiger partial charge in [0.05, 0.1) is 49.7 Å². The van der Waals surface area contributed by atoms with Crippen molar-refractivity contribution in [1.29, 1.82) is 0 Å². The number of para-hydroxylation sites is 5. The van der Waals surface area contributed by atoms with Gasteiger partial charge in [-0.2, -0.15) is 0 Å². The maximum absolute atomic E-state index is 2.60. The van der Waals surface area contributed by atoms with Crippen LogP contribution in [0.15, 0.2) is 182 Å². The first-order chi connectivity index (χ1) is 28.8. The van der Waals surface area contributed by atoms with E-state index in [9.17, 15) is 0 Å². The van der Waals surface area contributed by atoms with Gasteiger partial charge in [0.2, 0.25) is 0 Å². The van der Waals surface area contributed by atoms with E-state index in [1.165, 1.54) is 121 Å². The first kappa shape index (κ1) is 30.6. The van der Waals surface area contributed by atoms with Crippen LogP contribution in [0.5, 0.6) is 0 Å². The van der Waals surface area contributed by atoms with E-state index in [1.807, 2.05) is 0 Å². The average Bonchev–Trinajstić information content (AvgIpc) is 4.06. The molecule has 270 valence electrons. The van der Waals surface area contributed by atoms with Crippen LogP contribution in [0.3, 0.4) is 0 Å². The maximum Gasteiger partial charge on any atom is 0.0628 e. The molecule has 0 aliphatic heterocycles. The molecule has 0 N–H and O–H groups in total. The molecular formula is C54H34N4. The lowest BCUT2D eigenvalue weighted by molar-refractivity contribution is 1.02. The Morgan fingerprint density at radius 1 is 0.328 bits per heavy atom. The van der Waals surface area contributed by atoms with E-state index in [1.54, 1.807) is 0 Å². The molecule has 5 heterocycles. The molecule has 13 aromatic rings. The lowest BCUT2D eigenvalue weighted by atomic mass is 10.00. The fourth-order valence-corrected chi connectivity index (χ4v) is 10.7. The second kappa shape index (κ2) is 11.1. The molecule has 4 nitrogen and oxygen atoms in total. The Bertz CT molecular complexity index is 3940. The number of allylic oxidation sites excluding steroid dienone is 4. The second-order valence-corrected chi connectivity index (χ2v) is 16.0. The molecular weight excluding hydrogens is 705 g/mol. The number of fused-ring (bicyclic) bond motifs is 16. The third-order valence-electron chi connectivity index (χ3n) is 13.0. The predicted molar refractivity (Wildman–Crippen MR) is 245 cm³/mol. The van der Waals surface area contributed by atoms with Gasteiger partial charge in [-0.3, -0.25) is 0 Å². The van der Waals surface area contributed by atoms with Gasteiger partial charge < -0.3 is 18.1 Å². The lowest BCUT2D eigenvalue weighted by Gasteiger charge is -2.12. The zero-order chi connectivity index (χ0) is 37.6. The molecule has 0 saturated carbocycles. The van der Waals surface area contributed by atoms with Gasteiger partial charge in [0, 0.05) is 70.9 Å². The fourth-order valence-electron chi connectivity index (χ4n) is 10.7. The van der Waals surface area contributed by atoms with Crippen molar-refractivity contribution in [2.45, 2.75) is 12.8 Å². The highest BCUT2D eigenvalue weighted by Crippen LogP contribution is 2.49. The van der Waals surface area contributed by atoms with Crippen LogP contribution in [0.2, 0.25) is 0 Å². The van der Waals surface area contributed by atoms with Gasteiger partial charge in [-0.25, -0.2) is 0 Å². The fraction of sp³-hybridized carbons (Fsp3) is 0.0370. The minimum Gasteiger partial charge on any atom is -0.310 e. The Balaban J connectivity index is 1.25. The maximum atomic E-state index is 2.60. The quantitative estimate of drug-likeness (QED) is 0.172. The summed E-state index contributed by atoms with van der Waals surface area (Å²) in [6.07, 6.45) is 9.16. The van der Waals surface area contributed by atoms with E-state index < -0.39 is 0 Å². The largest absolute Gasteiger partial charge is 0.310 e. The Morgan fingerprint density at radius 2 is 0.845 bits per heavy atom. The molecule has 0 radical (unpaired) electrons. The monoisotopic (exact) mass is 738 g/mol. The summed E-state index contributed by atoms with van der Waals surface area (Å²) >= 11 is 0. The van der Waals surface area contributed by atoms with E-state index >= 15 is 0 Å². The summed E-state index contributed by atoms with van der Waals surface area (Å²) < 4.78 is 10.0. The molecule has 8 aromatic carbocycles. The number of aromatic nitrogens is 4. The molecule has 0 amide bonds. The topological polar surface area (TPSA) is 19.2 Å². The van der Waals surface area contributed by atoms with E-state index in [-0.39, 0.29) is 0 Å². The number of hydrogen-bond donors (Lipinski definition) is 0. The molecule has 0 unspecified atom stereocenters. The molecule has 58 heavy (non-hydrogen) atoms. The molecule has 0 saturated heterocycles. The van der Waals surface area contributed by atoms with Crippen molar-refractivity contribution in [2.24, 2.45) is 0 Å². The van der Waals surface area contributed by atoms with Crippen LogP contribution in [0.1, 0.15) is 12.8 Å². The Hall–Kier alpha value is -7.56. The van der Waals surface area contributed by atoms with Crippen molar-refractivity contribution in [3.05, 3.63) is 182 Å². The second-order valence-electron chi connectivity index (χ2n) is 16.0. The molecule has 0 bridgehead atoms. The van der Waals surface area contributed by atoms with Gasteiger partial charge in [-0.15, -0.1) is 0 Å². The zero-order valence-electron chi connectivity index (χ0n) is 31.5. The summed E-state index contributed by atoms with van der Waals surface area (Å²) in [6.45, 7) is 0. The minimum atomic E-state index is 1.05. The first-order valence-corrected chi connectivity index (χ1v) is 20.4. The summed E-state index contributed by atoms with van der Waals surface area (Å²) in [6, 6.07) is 61.0. The number of hydrogen-bond acceptors (Lipinski definition) is 0. The summed E-state index contributed by atoms with van der Waals surface area (Å²) in [7, 11) is 0. The molecule has 5 aromatic heterocycles.